The fourth-order valence-corrected chi connectivity index (χ4v) is 3.67. The molecule has 0 aliphatic heterocycles. The topological polar surface area (TPSA) is 46.5 Å². The van der Waals surface area contributed by atoms with Gasteiger partial charge >= 0.3 is 18.3 Å². The van der Waals surface area contributed by atoms with Crippen molar-refractivity contribution >= 4 is 5.97 Å². The van der Waals surface area contributed by atoms with Crippen molar-refractivity contribution in [3.8, 4) is 22.6 Å². The molecule has 0 fully saturated rings. The molecule has 1 N–H and O–H groups in total. The first-order valence-electron chi connectivity index (χ1n) is 10.7. The maximum atomic E-state index is 13.8. The molecule has 3 nitrogen and oxygen atoms in total. The number of halogens is 7. The lowest BCUT2D eigenvalue weighted by Gasteiger charge is -2.18. The first-order valence-corrected chi connectivity index (χ1v) is 10.7. The number of alkyl halides is 6. The van der Waals surface area contributed by atoms with Gasteiger partial charge in [-0.3, -0.25) is 4.79 Å². The summed E-state index contributed by atoms with van der Waals surface area (Å²) in [5.41, 5.74) is -1.37. The Morgan fingerprint density at radius 1 is 0.806 bits per heavy atom. The monoisotopic (exact) mass is 514 g/mol. The summed E-state index contributed by atoms with van der Waals surface area (Å²) in [7, 11) is 0. The number of carboxylic acid groups (broad SMARTS) is 1. The molecule has 1 atom stereocenters. The minimum atomic E-state index is -4.83. The average Bonchev–Trinajstić information content (AvgIpc) is 2.75. The van der Waals surface area contributed by atoms with Gasteiger partial charge in [-0.05, 0) is 65.4 Å². The van der Waals surface area contributed by atoms with Crippen LogP contribution in [0.1, 0.15) is 42.9 Å². The van der Waals surface area contributed by atoms with Crippen LogP contribution in [0, 0.1) is 11.7 Å². The zero-order valence-electron chi connectivity index (χ0n) is 19.0. The molecule has 0 saturated carbocycles. The van der Waals surface area contributed by atoms with Crippen molar-refractivity contribution in [1.82, 2.24) is 0 Å². The van der Waals surface area contributed by atoms with E-state index in [0.717, 1.165) is 18.2 Å². The summed E-state index contributed by atoms with van der Waals surface area (Å²) in [4.78, 5) is 12.0. The Balaban J connectivity index is 2.11. The largest absolute Gasteiger partial charge is 0.481 e. The molecule has 0 saturated heterocycles. The van der Waals surface area contributed by atoms with E-state index < -0.39 is 46.9 Å². The van der Waals surface area contributed by atoms with Crippen LogP contribution in [0.4, 0.5) is 30.7 Å². The van der Waals surface area contributed by atoms with E-state index in [4.69, 9.17) is 4.74 Å². The number of carboxylic acids is 1. The number of aliphatic carboxylic acids is 1. The predicted molar refractivity (Wildman–Crippen MR) is 118 cm³/mol. The molecule has 3 aromatic carbocycles. The van der Waals surface area contributed by atoms with Gasteiger partial charge in [0, 0.05) is 6.07 Å². The Labute approximate surface area is 202 Å². The van der Waals surface area contributed by atoms with Gasteiger partial charge in [0.15, 0.2) is 0 Å². The molecule has 0 spiro atoms. The molecule has 3 rings (SSSR count). The van der Waals surface area contributed by atoms with Gasteiger partial charge in [0.25, 0.3) is 0 Å². The van der Waals surface area contributed by atoms with Crippen molar-refractivity contribution in [3.63, 3.8) is 0 Å². The van der Waals surface area contributed by atoms with Gasteiger partial charge in [-0.2, -0.15) is 26.3 Å². The van der Waals surface area contributed by atoms with Gasteiger partial charge in [-0.1, -0.05) is 32.0 Å². The average molecular weight is 514 g/mol. The molecule has 0 amide bonds. The number of hydrogen-bond acceptors (Lipinski definition) is 2. The fraction of sp³-hybridized carbons (Fsp3) is 0.269. The van der Waals surface area contributed by atoms with E-state index in [0.29, 0.717) is 17.7 Å². The van der Waals surface area contributed by atoms with E-state index in [1.165, 1.54) is 30.3 Å². The van der Waals surface area contributed by atoms with Crippen LogP contribution < -0.4 is 4.74 Å². The number of hydrogen-bond donors (Lipinski definition) is 1. The highest BCUT2D eigenvalue weighted by Gasteiger charge is 2.32. The zero-order chi connectivity index (χ0) is 26.8. The lowest BCUT2D eigenvalue weighted by molar-refractivity contribution is -0.139. The molecule has 0 bridgehead atoms. The Bertz CT molecular complexity index is 1230. The Kier molecular flexibility index (Phi) is 7.66. The van der Waals surface area contributed by atoms with Crippen LogP contribution in [0.15, 0.2) is 60.7 Å². The predicted octanol–water partition coefficient (Wildman–Crippen LogP) is 8.54. The third-order valence-electron chi connectivity index (χ3n) is 5.32. The third kappa shape index (κ3) is 6.77. The maximum absolute atomic E-state index is 13.8. The Morgan fingerprint density at radius 3 is 1.92 bits per heavy atom. The summed E-state index contributed by atoms with van der Waals surface area (Å²) in [5.74, 6) is -4.00. The van der Waals surface area contributed by atoms with Crippen LogP contribution in [0.25, 0.3) is 11.1 Å². The smallest absolute Gasteiger partial charge is 0.416 e. The maximum Gasteiger partial charge on any atom is 0.416 e. The Morgan fingerprint density at radius 2 is 1.39 bits per heavy atom. The molecule has 0 aliphatic carbocycles. The molecule has 36 heavy (non-hydrogen) atoms. The van der Waals surface area contributed by atoms with Crippen molar-refractivity contribution in [3.05, 3.63) is 83.2 Å². The molecule has 10 heteroatoms. The summed E-state index contributed by atoms with van der Waals surface area (Å²) >= 11 is 0. The molecule has 0 aromatic heterocycles. The van der Waals surface area contributed by atoms with Crippen LogP contribution in [0.2, 0.25) is 0 Å². The first kappa shape index (κ1) is 27.0. The van der Waals surface area contributed by atoms with Crippen LogP contribution in [0.5, 0.6) is 11.5 Å². The fourth-order valence-electron chi connectivity index (χ4n) is 3.67. The van der Waals surface area contributed by atoms with Crippen molar-refractivity contribution in [2.45, 2.75) is 38.5 Å². The number of benzene rings is 3. The highest BCUT2D eigenvalue weighted by Crippen LogP contribution is 2.38. The molecular weight excluding hydrogens is 493 g/mol. The van der Waals surface area contributed by atoms with Crippen molar-refractivity contribution in [1.29, 1.82) is 0 Å². The van der Waals surface area contributed by atoms with Gasteiger partial charge in [0.05, 0.1) is 17.0 Å². The third-order valence-corrected chi connectivity index (χ3v) is 5.32. The van der Waals surface area contributed by atoms with E-state index in [1.807, 2.05) is 0 Å². The number of carbonyl (C=O) groups is 1. The van der Waals surface area contributed by atoms with Crippen LogP contribution in [-0.4, -0.2) is 11.1 Å². The molecule has 1 unspecified atom stereocenters. The first-order chi connectivity index (χ1) is 16.6. The minimum Gasteiger partial charge on any atom is -0.481 e. The van der Waals surface area contributed by atoms with E-state index in [9.17, 15) is 40.6 Å². The number of rotatable bonds is 7. The van der Waals surface area contributed by atoms with Gasteiger partial charge < -0.3 is 9.84 Å². The summed E-state index contributed by atoms with van der Waals surface area (Å²) in [6, 6.07) is 9.84. The van der Waals surface area contributed by atoms with Crippen LogP contribution in [0.3, 0.4) is 0 Å². The summed E-state index contributed by atoms with van der Waals surface area (Å²) in [6.07, 6.45) is -9.18. The van der Waals surface area contributed by atoms with Gasteiger partial charge in [-0.15, -0.1) is 0 Å². The quantitative estimate of drug-likeness (QED) is 0.322. The molecule has 0 heterocycles. The van der Waals surface area contributed by atoms with Crippen molar-refractivity contribution < 1.29 is 45.4 Å². The second-order valence-electron chi connectivity index (χ2n) is 8.66. The highest BCUT2D eigenvalue weighted by molar-refractivity contribution is 5.78. The highest BCUT2D eigenvalue weighted by atomic mass is 19.4. The molecule has 0 radical (unpaired) electrons. The molecule has 0 aliphatic rings. The minimum absolute atomic E-state index is 0.0391. The molecule has 3 aromatic rings. The zero-order valence-corrected chi connectivity index (χ0v) is 19.0. The van der Waals surface area contributed by atoms with Crippen molar-refractivity contribution in [2.24, 2.45) is 5.92 Å². The van der Waals surface area contributed by atoms with E-state index >= 15 is 0 Å². The van der Waals surface area contributed by atoms with Crippen molar-refractivity contribution in [2.75, 3.05) is 0 Å². The van der Waals surface area contributed by atoms with Crippen LogP contribution >= 0.6 is 0 Å². The van der Waals surface area contributed by atoms with E-state index in [2.05, 4.69) is 0 Å². The van der Waals surface area contributed by atoms with Gasteiger partial charge in [0.1, 0.15) is 17.3 Å². The standard InChI is InChI=1S/C26H21F7O3/c1-14(2)7-23(24(34)35)17-8-16(15-3-5-18(6-4-15)25(28,29)30)9-21(10-17)36-22-12-19(26(31,32)33)11-20(27)13-22/h3-6,8-14,23H,7H2,1-2H3,(H,34,35). The summed E-state index contributed by atoms with van der Waals surface area (Å²) < 4.78 is 97.5. The van der Waals surface area contributed by atoms with Gasteiger partial charge in [0.2, 0.25) is 0 Å². The van der Waals surface area contributed by atoms with E-state index in [-0.39, 0.29) is 29.2 Å². The van der Waals surface area contributed by atoms with Crippen LogP contribution in [-0.2, 0) is 17.1 Å². The summed E-state index contributed by atoms with van der Waals surface area (Å²) in [5, 5.41) is 9.77. The lowest BCUT2D eigenvalue weighted by Crippen LogP contribution is -2.14. The molecule has 192 valence electrons. The summed E-state index contributed by atoms with van der Waals surface area (Å²) in [6.45, 7) is 3.61. The SMILES string of the molecule is CC(C)CC(C(=O)O)c1cc(Oc2cc(F)cc(C(F)(F)F)c2)cc(-c2ccc(C(F)(F)F)cc2)c1. The van der Waals surface area contributed by atoms with Gasteiger partial charge in [-0.25, -0.2) is 4.39 Å². The lowest BCUT2D eigenvalue weighted by atomic mass is 9.88. The number of ether oxygens (including phenoxy) is 1. The second-order valence-corrected chi connectivity index (χ2v) is 8.66. The van der Waals surface area contributed by atoms with E-state index in [1.54, 1.807) is 13.8 Å². The second kappa shape index (κ2) is 10.2. The molecular formula is C26H21F7O3. The normalized spacial score (nSPS) is 13.1. The Hall–Kier alpha value is -3.56.